The summed E-state index contributed by atoms with van der Waals surface area (Å²) < 4.78 is 17.2. The molecule has 0 aromatic heterocycles. The number of hydrogen-bond donors (Lipinski definition) is 1. The van der Waals surface area contributed by atoms with Gasteiger partial charge in [-0.05, 0) is 44.2 Å². The molecule has 25 heavy (non-hydrogen) atoms. The van der Waals surface area contributed by atoms with Gasteiger partial charge in [-0.1, -0.05) is 12.1 Å². The van der Waals surface area contributed by atoms with Gasteiger partial charge in [0.25, 0.3) is 0 Å². The topological polar surface area (TPSA) is 60.0 Å². The van der Waals surface area contributed by atoms with Gasteiger partial charge in [0.05, 0.1) is 25.3 Å². The van der Waals surface area contributed by atoms with Crippen molar-refractivity contribution in [1.29, 1.82) is 0 Å². The molecule has 2 amide bonds. The molecule has 4 rings (SSSR count). The molecule has 0 unspecified atom stereocenters. The fraction of sp³-hybridized carbons (Fsp3) is 0.632. The van der Waals surface area contributed by atoms with Crippen molar-refractivity contribution in [2.24, 2.45) is 0 Å². The number of aryl methyl sites for hydroxylation is 1. The summed E-state index contributed by atoms with van der Waals surface area (Å²) in [5, 5.41) is 3.16. The van der Waals surface area contributed by atoms with Crippen LogP contribution < -0.4 is 10.1 Å². The van der Waals surface area contributed by atoms with Crippen molar-refractivity contribution in [3.63, 3.8) is 0 Å². The quantitative estimate of drug-likeness (QED) is 0.894. The zero-order chi connectivity index (χ0) is 17.4. The summed E-state index contributed by atoms with van der Waals surface area (Å²) in [6, 6.07) is 3.99. The number of benzene rings is 1. The molecular weight excluding hydrogens is 320 g/mol. The minimum Gasteiger partial charge on any atom is -0.490 e. The van der Waals surface area contributed by atoms with E-state index in [1.54, 1.807) is 0 Å². The number of ether oxygens (including phenoxy) is 3. The van der Waals surface area contributed by atoms with E-state index in [-0.39, 0.29) is 24.4 Å². The second-order valence-electron chi connectivity index (χ2n) is 7.11. The highest BCUT2D eigenvalue weighted by molar-refractivity contribution is 5.75. The average Bonchev–Trinajstić information content (AvgIpc) is 3.29. The molecule has 6 heteroatoms. The van der Waals surface area contributed by atoms with Gasteiger partial charge in [0.2, 0.25) is 0 Å². The fourth-order valence-corrected chi connectivity index (χ4v) is 3.98. The first-order valence-electron chi connectivity index (χ1n) is 9.18. The second-order valence-corrected chi connectivity index (χ2v) is 7.11. The molecule has 3 aliphatic heterocycles. The van der Waals surface area contributed by atoms with Crippen molar-refractivity contribution in [3.05, 3.63) is 28.8 Å². The highest BCUT2D eigenvalue weighted by Crippen LogP contribution is 2.37. The number of hydrogen-bond acceptors (Lipinski definition) is 4. The third kappa shape index (κ3) is 3.09. The Kier molecular flexibility index (Phi) is 4.56. The van der Waals surface area contributed by atoms with Crippen LogP contribution in [0.3, 0.4) is 0 Å². The molecule has 3 aliphatic rings. The van der Waals surface area contributed by atoms with Crippen molar-refractivity contribution in [3.8, 4) is 5.75 Å². The van der Waals surface area contributed by atoms with Gasteiger partial charge < -0.3 is 24.4 Å². The Hall–Kier alpha value is -1.79. The number of likely N-dealkylation sites (tertiary alicyclic amines) is 1. The van der Waals surface area contributed by atoms with Gasteiger partial charge in [-0.25, -0.2) is 4.79 Å². The molecule has 136 valence electrons. The first kappa shape index (κ1) is 16.7. The second kappa shape index (κ2) is 6.84. The summed E-state index contributed by atoms with van der Waals surface area (Å²) in [4.78, 5) is 14.8. The van der Waals surface area contributed by atoms with Gasteiger partial charge in [0.15, 0.2) is 6.29 Å². The van der Waals surface area contributed by atoms with E-state index in [2.05, 4.69) is 31.3 Å². The summed E-state index contributed by atoms with van der Waals surface area (Å²) in [5.41, 5.74) is 3.42. The van der Waals surface area contributed by atoms with Crippen LogP contribution in [0.5, 0.6) is 5.75 Å². The van der Waals surface area contributed by atoms with E-state index < -0.39 is 0 Å². The number of nitrogens with one attached hydrogen (secondary N) is 1. The maximum atomic E-state index is 12.9. The summed E-state index contributed by atoms with van der Waals surface area (Å²) in [7, 11) is 0. The smallest absolute Gasteiger partial charge is 0.318 e. The predicted molar refractivity (Wildman–Crippen MR) is 92.7 cm³/mol. The van der Waals surface area contributed by atoms with E-state index in [0.29, 0.717) is 19.8 Å². The normalized spacial score (nSPS) is 26.4. The summed E-state index contributed by atoms with van der Waals surface area (Å²) in [6.45, 7) is 6.59. The van der Waals surface area contributed by atoms with Crippen LogP contribution in [0, 0.1) is 13.8 Å². The van der Waals surface area contributed by atoms with E-state index in [1.165, 1.54) is 5.56 Å². The highest BCUT2D eigenvalue weighted by atomic mass is 16.7. The lowest BCUT2D eigenvalue weighted by atomic mass is 10.0. The third-order valence-corrected chi connectivity index (χ3v) is 5.55. The van der Waals surface area contributed by atoms with Gasteiger partial charge in [-0.2, -0.15) is 0 Å². The Balaban J connectivity index is 1.48. The van der Waals surface area contributed by atoms with Crippen LogP contribution >= 0.6 is 0 Å². The first-order valence-corrected chi connectivity index (χ1v) is 9.18. The molecule has 0 aliphatic carbocycles. The van der Waals surface area contributed by atoms with Crippen LogP contribution in [0.1, 0.15) is 42.0 Å². The number of carbonyl (C=O) groups excluding carboxylic acids is 1. The molecule has 2 saturated heterocycles. The zero-order valence-corrected chi connectivity index (χ0v) is 14.9. The molecule has 0 saturated carbocycles. The molecule has 1 N–H and O–H groups in total. The molecule has 3 heterocycles. The van der Waals surface area contributed by atoms with Crippen LogP contribution in [0.2, 0.25) is 0 Å². The SMILES string of the molecule is Cc1ccc2c(c1C)OC[C@H]2NC(=O)N1CCCC[C@H]1C1OCCO1. The van der Waals surface area contributed by atoms with E-state index in [9.17, 15) is 4.79 Å². The Morgan fingerprint density at radius 1 is 1.20 bits per heavy atom. The Labute approximate surface area is 148 Å². The van der Waals surface area contributed by atoms with Crippen molar-refractivity contribution in [2.45, 2.75) is 51.5 Å². The van der Waals surface area contributed by atoms with Gasteiger partial charge in [0.1, 0.15) is 12.4 Å². The molecule has 0 radical (unpaired) electrons. The molecule has 1 aromatic carbocycles. The van der Waals surface area contributed by atoms with Crippen molar-refractivity contribution < 1.29 is 19.0 Å². The van der Waals surface area contributed by atoms with Gasteiger partial charge in [-0.15, -0.1) is 0 Å². The number of urea groups is 1. The van der Waals surface area contributed by atoms with Crippen molar-refractivity contribution in [2.75, 3.05) is 26.4 Å². The van der Waals surface area contributed by atoms with E-state index >= 15 is 0 Å². The molecule has 0 bridgehead atoms. The number of rotatable bonds is 2. The lowest BCUT2D eigenvalue weighted by molar-refractivity contribution is -0.0984. The number of amides is 2. The summed E-state index contributed by atoms with van der Waals surface area (Å²) in [5.74, 6) is 0.919. The molecule has 0 spiro atoms. The van der Waals surface area contributed by atoms with Crippen molar-refractivity contribution >= 4 is 6.03 Å². The van der Waals surface area contributed by atoms with Gasteiger partial charge >= 0.3 is 6.03 Å². The van der Waals surface area contributed by atoms with Gasteiger partial charge in [-0.3, -0.25) is 0 Å². The minimum absolute atomic E-state index is 0.00204. The maximum absolute atomic E-state index is 12.9. The number of fused-ring (bicyclic) bond motifs is 1. The van der Waals surface area contributed by atoms with Crippen LogP contribution in [0.4, 0.5) is 4.79 Å². The maximum Gasteiger partial charge on any atom is 0.318 e. The lowest BCUT2D eigenvalue weighted by Gasteiger charge is -2.38. The van der Waals surface area contributed by atoms with Crippen LogP contribution in [0.25, 0.3) is 0 Å². The highest BCUT2D eigenvalue weighted by Gasteiger charge is 2.37. The molecule has 2 atom stereocenters. The molecule has 6 nitrogen and oxygen atoms in total. The fourth-order valence-electron chi connectivity index (χ4n) is 3.98. The summed E-state index contributed by atoms with van der Waals surface area (Å²) >= 11 is 0. The largest absolute Gasteiger partial charge is 0.490 e. The van der Waals surface area contributed by atoms with E-state index in [0.717, 1.165) is 42.7 Å². The molecule has 2 fully saturated rings. The average molecular weight is 346 g/mol. The standard InChI is InChI=1S/C19H26N2O4/c1-12-6-7-14-15(11-25-17(14)13(12)2)20-19(22)21-8-4-3-5-16(21)18-23-9-10-24-18/h6-7,15-16,18H,3-5,8-11H2,1-2H3,(H,20,22)/t15-,16+/m1/s1. The Bertz CT molecular complexity index is 657. The van der Waals surface area contributed by atoms with E-state index in [1.807, 2.05) is 4.90 Å². The Morgan fingerprint density at radius 3 is 2.80 bits per heavy atom. The van der Waals surface area contributed by atoms with Gasteiger partial charge in [0, 0.05) is 12.1 Å². The molecule has 1 aromatic rings. The predicted octanol–water partition coefficient (Wildman–Crippen LogP) is 2.67. The lowest BCUT2D eigenvalue weighted by Crippen LogP contribution is -2.54. The van der Waals surface area contributed by atoms with E-state index in [4.69, 9.17) is 14.2 Å². The first-order chi connectivity index (χ1) is 12.1. The minimum atomic E-state index is -0.289. The Morgan fingerprint density at radius 2 is 2.00 bits per heavy atom. The monoisotopic (exact) mass is 346 g/mol. The van der Waals surface area contributed by atoms with Crippen molar-refractivity contribution in [1.82, 2.24) is 10.2 Å². The third-order valence-electron chi connectivity index (χ3n) is 5.55. The molecular formula is C19H26N2O4. The summed E-state index contributed by atoms with van der Waals surface area (Å²) in [6.07, 6.45) is 2.76. The zero-order valence-electron chi connectivity index (χ0n) is 14.9. The van der Waals surface area contributed by atoms with Crippen LogP contribution in [-0.2, 0) is 9.47 Å². The van der Waals surface area contributed by atoms with Crippen LogP contribution in [0.15, 0.2) is 12.1 Å². The number of nitrogens with zero attached hydrogens (tertiary/aromatic N) is 1. The van der Waals surface area contributed by atoms with Crippen LogP contribution in [-0.4, -0.2) is 49.6 Å². The number of piperidine rings is 1. The number of carbonyl (C=O) groups is 1.